The van der Waals surface area contributed by atoms with E-state index in [1.54, 1.807) is 0 Å². The molecule has 92 valence electrons. The number of hydrogen-bond donors (Lipinski definition) is 1. The Morgan fingerprint density at radius 3 is 2.62 bits per heavy atom. The standard InChI is InChI=1S/C13H24N2S/c16-11-5-4-7-14-10-6-13(12-14)15-8-2-1-3-9-15/h4-5,13,16H,1-3,6-12H2. The molecule has 0 amide bonds. The maximum atomic E-state index is 4.18. The van der Waals surface area contributed by atoms with Crippen molar-refractivity contribution >= 4 is 12.6 Å². The summed E-state index contributed by atoms with van der Waals surface area (Å²) in [6.45, 7) is 6.34. The third-order valence-electron chi connectivity index (χ3n) is 3.79. The lowest BCUT2D eigenvalue weighted by atomic mass is 10.1. The second-order valence-electron chi connectivity index (χ2n) is 4.95. The van der Waals surface area contributed by atoms with Crippen LogP contribution in [0.3, 0.4) is 0 Å². The average Bonchev–Trinajstić information content (AvgIpc) is 2.79. The molecule has 0 radical (unpaired) electrons. The van der Waals surface area contributed by atoms with Crippen LogP contribution in [0.1, 0.15) is 25.7 Å². The first kappa shape index (κ1) is 12.5. The highest BCUT2D eigenvalue weighted by Crippen LogP contribution is 2.19. The van der Waals surface area contributed by atoms with Crippen molar-refractivity contribution in [3.8, 4) is 0 Å². The molecule has 3 heteroatoms. The van der Waals surface area contributed by atoms with Crippen LogP contribution in [-0.4, -0.2) is 54.3 Å². The Hall–Kier alpha value is 0.01000. The van der Waals surface area contributed by atoms with Gasteiger partial charge < -0.3 is 0 Å². The molecule has 0 aromatic heterocycles. The van der Waals surface area contributed by atoms with Crippen molar-refractivity contribution in [3.05, 3.63) is 12.2 Å². The van der Waals surface area contributed by atoms with Gasteiger partial charge in [0.05, 0.1) is 0 Å². The topological polar surface area (TPSA) is 6.48 Å². The Morgan fingerprint density at radius 2 is 1.88 bits per heavy atom. The Kier molecular flexibility index (Phi) is 5.20. The molecule has 2 saturated heterocycles. The van der Waals surface area contributed by atoms with Crippen LogP contribution in [0.4, 0.5) is 0 Å². The number of nitrogens with zero attached hydrogens (tertiary/aromatic N) is 2. The fourth-order valence-corrected chi connectivity index (χ4v) is 3.01. The Bertz CT molecular complexity index is 224. The van der Waals surface area contributed by atoms with E-state index in [9.17, 15) is 0 Å². The minimum Gasteiger partial charge on any atom is -0.299 e. The molecule has 2 rings (SSSR count). The predicted molar refractivity (Wildman–Crippen MR) is 73.3 cm³/mol. The van der Waals surface area contributed by atoms with E-state index in [0.29, 0.717) is 0 Å². The highest BCUT2D eigenvalue weighted by atomic mass is 32.1. The first-order valence-corrected chi connectivity index (χ1v) is 7.25. The average molecular weight is 240 g/mol. The number of rotatable bonds is 4. The van der Waals surface area contributed by atoms with Crippen LogP contribution >= 0.6 is 12.6 Å². The van der Waals surface area contributed by atoms with Gasteiger partial charge in [-0.3, -0.25) is 9.80 Å². The summed E-state index contributed by atoms with van der Waals surface area (Å²) in [5.74, 6) is 0.864. The number of piperidine rings is 1. The Morgan fingerprint density at radius 1 is 1.06 bits per heavy atom. The van der Waals surface area contributed by atoms with Crippen LogP contribution in [0.25, 0.3) is 0 Å². The highest BCUT2D eigenvalue weighted by Gasteiger charge is 2.27. The van der Waals surface area contributed by atoms with Crippen LogP contribution in [0.2, 0.25) is 0 Å². The maximum Gasteiger partial charge on any atom is 0.0235 e. The van der Waals surface area contributed by atoms with Crippen LogP contribution in [-0.2, 0) is 0 Å². The van der Waals surface area contributed by atoms with Crippen molar-refractivity contribution in [2.75, 3.05) is 38.5 Å². The molecule has 0 saturated carbocycles. The minimum atomic E-state index is 0.838. The van der Waals surface area contributed by atoms with E-state index in [1.807, 2.05) is 0 Å². The molecule has 2 aliphatic heterocycles. The second kappa shape index (κ2) is 6.67. The van der Waals surface area contributed by atoms with Crippen molar-refractivity contribution in [1.82, 2.24) is 9.80 Å². The minimum absolute atomic E-state index is 0.838. The van der Waals surface area contributed by atoms with Gasteiger partial charge in [-0.25, -0.2) is 0 Å². The van der Waals surface area contributed by atoms with Gasteiger partial charge in [0.25, 0.3) is 0 Å². The Balaban J connectivity index is 1.72. The molecule has 2 nitrogen and oxygen atoms in total. The molecule has 0 aliphatic carbocycles. The third kappa shape index (κ3) is 3.51. The van der Waals surface area contributed by atoms with Crippen molar-refractivity contribution in [2.24, 2.45) is 0 Å². The van der Waals surface area contributed by atoms with E-state index < -0.39 is 0 Å². The van der Waals surface area contributed by atoms with E-state index in [2.05, 4.69) is 34.6 Å². The summed E-state index contributed by atoms with van der Waals surface area (Å²) in [5, 5.41) is 0. The molecule has 0 bridgehead atoms. The maximum absolute atomic E-state index is 4.18. The van der Waals surface area contributed by atoms with Gasteiger partial charge in [-0.15, -0.1) is 0 Å². The quantitative estimate of drug-likeness (QED) is 0.593. The lowest BCUT2D eigenvalue weighted by Gasteiger charge is -2.32. The van der Waals surface area contributed by atoms with E-state index in [1.165, 1.54) is 51.9 Å². The van der Waals surface area contributed by atoms with Crippen LogP contribution in [0, 0.1) is 0 Å². The molecule has 1 unspecified atom stereocenters. The normalized spacial score (nSPS) is 29.2. The summed E-state index contributed by atoms with van der Waals surface area (Å²) in [7, 11) is 0. The lowest BCUT2D eigenvalue weighted by Crippen LogP contribution is -2.40. The molecular weight excluding hydrogens is 216 g/mol. The first-order chi connectivity index (χ1) is 7.90. The second-order valence-corrected chi connectivity index (χ2v) is 5.32. The molecule has 2 heterocycles. The zero-order valence-corrected chi connectivity index (χ0v) is 11.0. The van der Waals surface area contributed by atoms with Gasteiger partial charge in [-0.1, -0.05) is 18.6 Å². The van der Waals surface area contributed by atoms with E-state index in [4.69, 9.17) is 0 Å². The number of thiol groups is 1. The summed E-state index contributed by atoms with van der Waals surface area (Å²) >= 11 is 4.18. The van der Waals surface area contributed by atoms with E-state index in [-0.39, 0.29) is 0 Å². The molecule has 2 aliphatic rings. The van der Waals surface area contributed by atoms with Crippen LogP contribution in [0.5, 0.6) is 0 Å². The summed E-state index contributed by atoms with van der Waals surface area (Å²) in [4.78, 5) is 5.28. The zero-order chi connectivity index (χ0) is 11.2. The Labute approximate surface area is 105 Å². The van der Waals surface area contributed by atoms with Crippen molar-refractivity contribution in [2.45, 2.75) is 31.7 Å². The van der Waals surface area contributed by atoms with Gasteiger partial charge in [0.2, 0.25) is 0 Å². The van der Waals surface area contributed by atoms with Gasteiger partial charge in [0.1, 0.15) is 0 Å². The number of likely N-dealkylation sites (tertiary alicyclic amines) is 2. The van der Waals surface area contributed by atoms with E-state index in [0.717, 1.165) is 18.3 Å². The largest absolute Gasteiger partial charge is 0.299 e. The molecule has 2 fully saturated rings. The molecule has 0 N–H and O–H groups in total. The summed E-state index contributed by atoms with van der Waals surface area (Å²) in [6, 6.07) is 0.838. The van der Waals surface area contributed by atoms with Crippen molar-refractivity contribution < 1.29 is 0 Å². The van der Waals surface area contributed by atoms with Crippen molar-refractivity contribution in [3.63, 3.8) is 0 Å². The van der Waals surface area contributed by atoms with Gasteiger partial charge in [-0.2, -0.15) is 12.6 Å². The predicted octanol–water partition coefficient (Wildman–Crippen LogP) is 2.03. The monoisotopic (exact) mass is 240 g/mol. The molecule has 16 heavy (non-hydrogen) atoms. The SMILES string of the molecule is SCC=CCN1CCC(N2CCCCC2)C1. The van der Waals surface area contributed by atoms with Crippen LogP contribution < -0.4 is 0 Å². The summed E-state index contributed by atoms with van der Waals surface area (Å²) in [6.07, 6.45) is 10.0. The molecule has 0 aromatic carbocycles. The lowest BCUT2D eigenvalue weighted by molar-refractivity contribution is 0.164. The zero-order valence-electron chi connectivity index (χ0n) is 10.1. The molecule has 1 atom stereocenters. The molecular formula is C13H24N2S. The van der Waals surface area contributed by atoms with E-state index >= 15 is 0 Å². The summed E-state index contributed by atoms with van der Waals surface area (Å²) < 4.78 is 0. The van der Waals surface area contributed by atoms with Crippen LogP contribution in [0.15, 0.2) is 12.2 Å². The van der Waals surface area contributed by atoms with Crippen molar-refractivity contribution in [1.29, 1.82) is 0 Å². The smallest absolute Gasteiger partial charge is 0.0235 e. The fraction of sp³-hybridized carbons (Fsp3) is 0.846. The summed E-state index contributed by atoms with van der Waals surface area (Å²) in [5.41, 5.74) is 0. The molecule has 0 aromatic rings. The first-order valence-electron chi connectivity index (χ1n) is 6.62. The van der Waals surface area contributed by atoms with Gasteiger partial charge in [0.15, 0.2) is 0 Å². The fourth-order valence-electron chi connectivity index (χ4n) is 2.86. The molecule has 0 spiro atoms. The van der Waals surface area contributed by atoms with Gasteiger partial charge in [0, 0.05) is 31.4 Å². The highest BCUT2D eigenvalue weighted by molar-refractivity contribution is 7.80. The van der Waals surface area contributed by atoms with Gasteiger partial charge in [-0.05, 0) is 32.4 Å². The van der Waals surface area contributed by atoms with Gasteiger partial charge >= 0.3 is 0 Å². The third-order valence-corrected chi connectivity index (χ3v) is 4.00. The number of hydrogen-bond acceptors (Lipinski definition) is 3.